The highest BCUT2D eigenvalue weighted by Gasteiger charge is 2.18. The summed E-state index contributed by atoms with van der Waals surface area (Å²) in [6.07, 6.45) is 4.52. The van der Waals surface area contributed by atoms with E-state index in [4.69, 9.17) is 4.98 Å². The second-order valence-corrected chi connectivity index (χ2v) is 7.84. The molecule has 5 nitrogen and oxygen atoms in total. The van der Waals surface area contributed by atoms with Gasteiger partial charge in [-0.3, -0.25) is 9.80 Å². The molecular weight excluding hydrogens is 346 g/mol. The fraction of sp³-hybridized carbons (Fsp3) is 0.478. The highest BCUT2D eigenvalue weighted by Crippen LogP contribution is 2.24. The molecule has 0 amide bonds. The number of nitrogens with zero attached hydrogens (tertiary/aromatic N) is 4. The van der Waals surface area contributed by atoms with Crippen LogP contribution in [0.1, 0.15) is 35.2 Å². The summed E-state index contributed by atoms with van der Waals surface area (Å²) < 4.78 is 0. The predicted molar refractivity (Wildman–Crippen MR) is 112 cm³/mol. The van der Waals surface area contributed by atoms with Crippen LogP contribution in [0.5, 0.6) is 0 Å². The van der Waals surface area contributed by atoms with E-state index in [0.29, 0.717) is 5.56 Å². The molecule has 0 unspecified atom stereocenters. The number of benzene rings is 1. The first-order valence-corrected chi connectivity index (χ1v) is 10.5. The summed E-state index contributed by atoms with van der Waals surface area (Å²) in [6.45, 7) is 7.26. The molecule has 2 heterocycles. The maximum Gasteiger partial charge on any atom is 0.144 e. The number of rotatable bonds is 6. The van der Waals surface area contributed by atoms with Crippen LogP contribution in [-0.2, 0) is 19.4 Å². The Hall–Kier alpha value is -2.42. The van der Waals surface area contributed by atoms with Gasteiger partial charge in [-0.25, -0.2) is 4.98 Å². The van der Waals surface area contributed by atoms with Crippen LogP contribution in [0.25, 0.3) is 0 Å². The van der Waals surface area contributed by atoms with E-state index in [0.717, 1.165) is 64.5 Å². The summed E-state index contributed by atoms with van der Waals surface area (Å²) >= 11 is 0. The van der Waals surface area contributed by atoms with E-state index in [1.807, 2.05) is 6.07 Å². The molecule has 0 spiro atoms. The zero-order valence-electron chi connectivity index (χ0n) is 16.5. The van der Waals surface area contributed by atoms with E-state index in [-0.39, 0.29) is 0 Å². The Bertz CT molecular complexity index is 819. The van der Waals surface area contributed by atoms with Crippen LogP contribution in [0.2, 0.25) is 0 Å². The number of pyridine rings is 1. The van der Waals surface area contributed by atoms with Crippen molar-refractivity contribution < 1.29 is 0 Å². The van der Waals surface area contributed by atoms with Crippen molar-refractivity contribution in [1.82, 2.24) is 14.8 Å². The van der Waals surface area contributed by atoms with Gasteiger partial charge in [0.15, 0.2) is 0 Å². The lowest BCUT2D eigenvalue weighted by molar-refractivity contribution is 0.130. The van der Waals surface area contributed by atoms with E-state index in [1.165, 1.54) is 29.7 Å². The Morgan fingerprint density at radius 2 is 1.75 bits per heavy atom. The lowest BCUT2D eigenvalue weighted by Gasteiger charge is -2.34. The molecule has 0 saturated carbocycles. The van der Waals surface area contributed by atoms with Crippen LogP contribution in [-0.4, -0.2) is 54.1 Å². The molecule has 0 bridgehead atoms. The summed E-state index contributed by atoms with van der Waals surface area (Å²) in [5.41, 5.74) is 4.53. The predicted octanol–water partition coefficient (Wildman–Crippen LogP) is 3.06. The Kier molecular flexibility index (Phi) is 6.20. The largest absolute Gasteiger partial charge is 0.368 e. The second kappa shape index (κ2) is 9.18. The van der Waals surface area contributed by atoms with Gasteiger partial charge in [0.1, 0.15) is 11.9 Å². The lowest BCUT2D eigenvalue weighted by atomic mass is 9.95. The molecule has 0 radical (unpaired) electrons. The van der Waals surface area contributed by atoms with Crippen molar-refractivity contribution in [2.24, 2.45) is 0 Å². The third-order valence-corrected chi connectivity index (χ3v) is 5.86. The molecule has 2 aliphatic rings. The van der Waals surface area contributed by atoms with Crippen LogP contribution in [0.3, 0.4) is 0 Å². The maximum absolute atomic E-state index is 9.47. The monoisotopic (exact) mass is 375 g/mol. The van der Waals surface area contributed by atoms with Crippen LogP contribution in [0.4, 0.5) is 5.82 Å². The number of anilines is 1. The van der Waals surface area contributed by atoms with E-state index in [1.54, 1.807) is 0 Å². The SMILES string of the molecule is N#Cc1cc2c(nc1NCCN1CCN(Cc3ccccc3)CC1)CCCC2. The van der Waals surface area contributed by atoms with Crippen molar-refractivity contribution in [2.45, 2.75) is 32.2 Å². The molecule has 1 fully saturated rings. The molecule has 1 saturated heterocycles. The van der Waals surface area contributed by atoms with Crippen molar-refractivity contribution in [3.05, 3.63) is 58.8 Å². The van der Waals surface area contributed by atoms with Crippen molar-refractivity contribution in [3.63, 3.8) is 0 Å². The summed E-state index contributed by atoms with van der Waals surface area (Å²) in [4.78, 5) is 9.79. The Labute approximate surface area is 168 Å². The minimum absolute atomic E-state index is 0.688. The van der Waals surface area contributed by atoms with E-state index in [2.05, 4.69) is 51.5 Å². The Morgan fingerprint density at radius 1 is 1.00 bits per heavy atom. The molecule has 5 heteroatoms. The van der Waals surface area contributed by atoms with E-state index >= 15 is 0 Å². The second-order valence-electron chi connectivity index (χ2n) is 7.84. The van der Waals surface area contributed by atoms with Crippen LogP contribution in [0, 0.1) is 11.3 Å². The average molecular weight is 376 g/mol. The van der Waals surface area contributed by atoms with Gasteiger partial charge in [0.2, 0.25) is 0 Å². The number of aromatic nitrogens is 1. The van der Waals surface area contributed by atoms with Gasteiger partial charge in [-0.05, 0) is 42.9 Å². The molecule has 2 aromatic rings. The first-order valence-electron chi connectivity index (χ1n) is 10.5. The molecule has 1 aliphatic carbocycles. The smallest absolute Gasteiger partial charge is 0.144 e. The van der Waals surface area contributed by atoms with Crippen LogP contribution >= 0.6 is 0 Å². The molecular formula is C23H29N5. The number of nitriles is 1. The maximum atomic E-state index is 9.47. The van der Waals surface area contributed by atoms with Gasteiger partial charge in [0.25, 0.3) is 0 Å². The van der Waals surface area contributed by atoms with Gasteiger partial charge < -0.3 is 5.32 Å². The van der Waals surface area contributed by atoms with Gasteiger partial charge in [-0.15, -0.1) is 0 Å². The molecule has 1 aromatic carbocycles. The normalized spacial score (nSPS) is 17.7. The Morgan fingerprint density at radius 3 is 2.54 bits per heavy atom. The highest BCUT2D eigenvalue weighted by atomic mass is 15.3. The minimum Gasteiger partial charge on any atom is -0.368 e. The van der Waals surface area contributed by atoms with Crippen LogP contribution in [0.15, 0.2) is 36.4 Å². The van der Waals surface area contributed by atoms with Crippen LogP contribution < -0.4 is 5.32 Å². The molecule has 28 heavy (non-hydrogen) atoms. The lowest BCUT2D eigenvalue weighted by Crippen LogP contribution is -2.47. The van der Waals surface area contributed by atoms with Gasteiger partial charge >= 0.3 is 0 Å². The van der Waals surface area contributed by atoms with Gasteiger partial charge in [-0.1, -0.05) is 30.3 Å². The van der Waals surface area contributed by atoms with E-state index < -0.39 is 0 Å². The zero-order valence-corrected chi connectivity index (χ0v) is 16.5. The van der Waals surface area contributed by atoms with Crippen molar-refractivity contribution in [1.29, 1.82) is 5.26 Å². The van der Waals surface area contributed by atoms with Crippen molar-refractivity contribution >= 4 is 5.82 Å². The molecule has 1 N–H and O–H groups in total. The van der Waals surface area contributed by atoms with Gasteiger partial charge in [0, 0.05) is 51.5 Å². The fourth-order valence-electron chi connectivity index (χ4n) is 4.20. The number of nitrogens with one attached hydrogen (secondary N) is 1. The molecule has 1 aliphatic heterocycles. The number of aryl methyl sites for hydroxylation is 2. The quantitative estimate of drug-likeness (QED) is 0.841. The van der Waals surface area contributed by atoms with Crippen molar-refractivity contribution in [3.8, 4) is 6.07 Å². The summed E-state index contributed by atoms with van der Waals surface area (Å²) in [6, 6.07) is 15.1. The third kappa shape index (κ3) is 4.70. The number of fused-ring (bicyclic) bond motifs is 1. The molecule has 146 valence electrons. The third-order valence-electron chi connectivity index (χ3n) is 5.86. The van der Waals surface area contributed by atoms with Crippen molar-refractivity contribution in [2.75, 3.05) is 44.6 Å². The fourth-order valence-corrected chi connectivity index (χ4v) is 4.20. The molecule has 0 atom stereocenters. The number of piperazine rings is 1. The topological polar surface area (TPSA) is 55.2 Å². The molecule has 4 rings (SSSR count). The number of hydrogen-bond donors (Lipinski definition) is 1. The van der Waals surface area contributed by atoms with E-state index in [9.17, 15) is 5.26 Å². The van der Waals surface area contributed by atoms with Gasteiger partial charge in [0.05, 0.1) is 5.56 Å². The molecule has 1 aromatic heterocycles. The summed E-state index contributed by atoms with van der Waals surface area (Å²) in [5, 5.41) is 12.9. The van der Waals surface area contributed by atoms with Gasteiger partial charge in [-0.2, -0.15) is 5.26 Å². The minimum atomic E-state index is 0.688. The summed E-state index contributed by atoms with van der Waals surface area (Å²) in [5.74, 6) is 0.769. The highest BCUT2D eigenvalue weighted by molar-refractivity contribution is 5.54. The zero-order chi connectivity index (χ0) is 19.2. The number of hydrogen-bond acceptors (Lipinski definition) is 5. The first-order chi connectivity index (χ1) is 13.8. The standard InChI is InChI=1S/C23H29N5/c24-17-21-16-20-8-4-5-9-22(20)26-23(21)25-10-11-27-12-14-28(15-13-27)18-19-6-2-1-3-7-19/h1-3,6-7,16H,4-5,8-15,18H2,(H,25,26). The Balaban J connectivity index is 1.24. The average Bonchev–Trinajstić information content (AvgIpc) is 2.75. The first kappa shape index (κ1) is 18.9. The summed E-state index contributed by atoms with van der Waals surface area (Å²) in [7, 11) is 0.